The lowest BCUT2D eigenvalue weighted by Gasteiger charge is -2.07. The number of nitrogens with one attached hydrogen (secondary N) is 2. The van der Waals surface area contributed by atoms with E-state index < -0.39 is 0 Å². The third-order valence-electron chi connectivity index (χ3n) is 3.93. The molecule has 0 radical (unpaired) electrons. The fourth-order valence-electron chi connectivity index (χ4n) is 2.62. The van der Waals surface area contributed by atoms with E-state index in [0.717, 1.165) is 24.9 Å². The molecule has 5 nitrogen and oxygen atoms in total. The lowest BCUT2D eigenvalue weighted by Crippen LogP contribution is -2.16. The van der Waals surface area contributed by atoms with Crippen molar-refractivity contribution in [3.63, 3.8) is 0 Å². The first-order valence-corrected chi connectivity index (χ1v) is 8.75. The van der Waals surface area contributed by atoms with Gasteiger partial charge in [-0.2, -0.15) is 0 Å². The first-order valence-electron chi connectivity index (χ1n) is 8.75. The van der Waals surface area contributed by atoms with E-state index in [2.05, 4.69) is 45.1 Å². The van der Waals surface area contributed by atoms with Crippen molar-refractivity contribution >= 4 is 17.5 Å². The van der Waals surface area contributed by atoms with E-state index in [4.69, 9.17) is 0 Å². The Morgan fingerprint density at radius 3 is 2.04 bits per heavy atom. The molecule has 3 rings (SSSR count). The first-order chi connectivity index (χ1) is 12.8. The van der Waals surface area contributed by atoms with Gasteiger partial charge in [0.15, 0.2) is 5.82 Å². The molecule has 0 aliphatic heterocycles. The Labute approximate surface area is 153 Å². The second-order valence-corrected chi connectivity index (χ2v) is 6.03. The first kappa shape index (κ1) is 17.6. The van der Waals surface area contributed by atoms with Crippen LogP contribution in [0.4, 0.5) is 11.6 Å². The minimum atomic E-state index is -0.103. The second kappa shape index (κ2) is 9.32. The van der Waals surface area contributed by atoms with Gasteiger partial charge >= 0.3 is 0 Å². The summed E-state index contributed by atoms with van der Waals surface area (Å²) in [5.74, 6) is 1.06. The number of rotatable bonds is 8. The number of carbonyl (C=O) groups is 1. The quantitative estimate of drug-likeness (QED) is 0.610. The highest BCUT2D eigenvalue weighted by atomic mass is 16.1. The molecular weight excluding hydrogens is 324 g/mol. The zero-order valence-electron chi connectivity index (χ0n) is 14.6. The van der Waals surface area contributed by atoms with Gasteiger partial charge in [-0.15, -0.1) is 10.2 Å². The van der Waals surface area contributed by atoms with Crippen molar-refractivity contribution in [3.05, 3.63) is 83.9 Å². The summed E-state index contributed by atoms with van der Waals surface area (Å²) in [7, 11) is 0. The monoisotopic (exact) mass is 346 g/mol. The maximum absolute atomic E-state index is 12.0. The van der Waals surface area contributed by atoms with E-state index in [9.17, 15) is 4.79 Å². The zero-order chi connectivity index (χ0) is 18.0. The molecule has 0 atom stereocenters. The van der Waals surface area contributed by atoms with Gasteiger partial charge in [0, 0.05) is 6.54 Å². The molecule has 2 N–H and O–H groups in total. The Morgan fingerprint density at radius 1 is 0.769 bits per heavy atom. The molecule has 1 amide bonds. The SMILES string of the molecule is O=C(Cc1ccccc1)Nc1ccc(NCCCc2ccccc2)nn1. The predicted molar refractivity (Wildman–Crippen MR) is 104 cm³/mol. The standard InChI is InChI=1S/C21H22N4O/c26-21(16-18-10-5-2-6-11-18)23-20-14-13-19(24-25-20)22-15-7-12-17-8-3-1-4-9-17/h1-6,8-11,13-14H,7,12,15-16H2,(H,22,24)(H,23,25,26). The van der Waals surface area contributed by atoms with Gasteiger partial charge in [-0.25, -0.2) is 0 Å². The van der Waals surface area contributed by atoms with E-state index >= 15 is 0 Å². The normalized spacial score (nSPS) is 10.3. The van der Waals surface area contributed by atoms with Crippen molar-refractivity contribution < 1.29 is 4.79 Å². The molecule has 0 spiro atoms. The summed E-state index contributed by atoms with van der Waals surface area (Å²) >= 11 is 0. The van der Waals surface area contributed by atoms with Crippen LogP contribution in [0.3, 0.4) is 0 Å². The average Bonchev–Trinajstić information content (AvgIpc) is 2.68. The van der Waals surface area contributed by atoms with E-state index in [-0.39, 0.29) is 5.91 Å². The maximum atomic E-state index is 12.0. The molecule has 0 unspecified atom stereocenters. The number of carbonyl (C=O) groups excluding carboxylic acids is 1. The Kier molecular flexibility index (Phi) is 6.31. The number of benzene rings is 2. The van der Waals surface area contributed by atoms with Gasteiger partial charge in [-0.05, 0) is 36.1 Å². The summed E-state index contributed by atoms with van der Waals surface area (Å²) in [6.45, 7) is 0.823. The topological polar surface area (TPSA) is 66.9 Å². The lowest BCUT2D eigenvalue weighted by atomic mass is 10.1. The van der Waals surface area contributed by atoms with Gasteiger partial charge in [0.2, 0.25) is 5.91 Å². The van der Waals surface area contributed by atoms with Crippen LogP contribution < -0.4 is 10.6 Å². The van der Waals surface area contributed by atoms with Crippen molar-refractivity contribution in [2.75, 3.05) is 17.2 Å². The number of hydrogen-bond donors (Lipinski definition) is 2. The fourth-order valence-corrected chi connectivity index (χ4v) is 2.62. The van der Waals surface area contributed by atoms with Crippen LogP contribution in [-0.2, 0) is 17.6 Å². The minimum Gasteiger partial charge on any atom is -0.369 e. The van der Waals surface area contributed by atoms with Crippen molar-refractivity contribution in [1.82, 2.24) is 10.2 Å². The van der Waals surface area contributed by atoms with Crippen molar-refractivity contribution in [2.45, 2.75) is 19.3 Å². The van der Waals surface area contributed by atoms with Gasteiger partial charge in [0.05, 0.1) is 6.42 Å². The molecule has 0 aliphatic rings. The molecule has 1 aromatic heterocycles. The van der Waals surface area contributed by atoms with Crippen molar-refractivity contribution in [2.24, 2.45) is 0 Å². The van der Waals surface area contributed by atoms with Crippen LogP contribution in [0.15, 0.2) is 72.8 Å². The van der Waals surface area contributed by atoms with Crippen LogP contribution in [0, 0.1) is 0 Å². The third-order valence-corrected chi connectivity index (χ3v) is 3.93. The zero-order valence-corrected chi connectivity index (χ0v) is 14.6. The summed E-state index contributed by atoms with van der Waals surface area (Å²) in [6.07, 6.45) is 2.36. The van der Waals surface area contributed by atoms with Crippen LogP contribution in [-0.4, -0.2) is 22.6 Å². The number of aryl methyl sites for hydroxylation is 1. The molecule has 0 saturated heterocycles. The Hall–Kier alpha value is -3.21. The summed E-state index contributed by atoms with van der Waals surface area (Å²) < 4.78 is 0. The molecule has 5 heteroatoms. The number of amides is 1. The molecule has 2 aromatic carbocycles. The summed E-state index contributed by atoms with van der Waals surface area (Å²) in [4.78, 5) is 12.0. The van der Waals surface area contributed by atoms with Gasteiger partial charge in [-0.3, -0.25) is 4.79 Å². The Morgan fingerprint density at radius 2 is 1.38 bits per heavy atom. The smallest absolute Gasteiger partial charge is 0.229 e. The third kappa shape index (κ3) is 5.70. The number of hydrogen-bond acceptors (Lipinski definition) is 4. The maximum Gasteiger partial charge on any atom is 0.229 e. The van der Waals surface area contributed by atoms with Gasteiger partial charge < -0.3 is 10.6 Å². The number of nitrogens with zero attached hydrogens (tertiary/aromatic N) is 2. The highest BCUT2D eigenvalue weighted by molar-refractivity contribution is 5.91. The van der Waals surface area contributed by atoms with Gasteiger partial charge in [0.25, 0.3) is 0 Å². The summed E-state index contributed by atoms with van der Waals surface area (Å²) in [6, 6.07) is 23.6. The molecule has 0 bridgehead atoms. The minimum absolute atomic E-state index is 0.103. The molecule has 26 heavy (non-hydrogen) atoms. The molecule has 132 valence electrons. The molecule has 3 aromatic rings. The number of aromatic nitrogens is 2. The van der Waals surface area contributed by atoms with E-state index in [1.807, 2.05) is 42.5 Å². The van der Waals surface area contributed by atoms with Crippen LogP contribution in [0.25, 0.3) is 0 Å². The average molecular weight is 346 g/mol. The Balaban J connectivity index is 1.41. The summed E-state index contributed by atoms with van der Waals surface area (Å²) in [5, 5.41) is 14.2. The van der Waals surface area contributed by atoms with Crippen LogP contribution in [0.2, 0.25) is 0 Å². The molecule has 1 heterocycles. The molecule has 0 aliphatic carbocycles. The predicted octanol–water partition coefficient (Wildman–Crippen LogP) is 3.70. The molecule has 0 saturated carbocycles. The Bertz CT molecular complexity index is 804. The lowest BCUT2D eigenvalue weighted by molar-refractivity contribution is -0.115. The van der Waals surface area contributed by atoms with E-state index in [1.165, 1.54) is 5.56 Å². The summed E-state index contributed by atoms with van der Waals surface area (Å²) in [5.41, 5.74) is 2.30. The van der Waals surface area contributed by atoms with E-state index in [0.29, 0.717) is 18.1 Å². The van der Waals surface area contributed by atoms with Crippen LogP contribution >= 0.6 is 0 Å². The highest BCUT2D eigenvalue weighted by Crippen LogP contribution is 2.08. The van der Waals surface area contributed by atoms with Crippen molar-refractivity contribution in [1.29, 1.82) is 0 Å². The van der Waals surface area contributed by atoms with Gasteiger partial charge in [0.1, 0.15) is 5.82 Å². The van der Waals surface area contributed by atoms with Crippen molar-refractivity contribution in [3.8, 4) is 0 Å². The van der Waals surface area contributed by atoms with E-state index in [1.54, 1.807) is 6.07 Å². The fraction of sp³-hybridized carbons (Fsp3) is 0.190. The molecular formula is C21H22N4O. The van der Waals surface area contributed by atoms with Crippen LogP contribution in [0.5, 0.6) is 0 Å². The molecule has 0 fully saturated rings. The van der Waals surface area contributed by atoms with Crippen LogP contribution in [0.1, 0.15) is 17.5 Å². The van der Waals surface area contributed by atoms with Gasteiger partial charge in [-0.1, -0.05) is 60.7 Å². The second-order valence-electron chi connectivity index (χ2n) is 6.03. The largest absolute Gasteiger partial charge is 0.369 e. The number of anilines is 2. The highest BCUT2D eigenvalue weighted by Gasteiger charge is 2.05.